The average molecular weight is 475 g/mol. The van der Waals surface area contributed by atoms with Gasteiger partial charge in [-0.25, -0.2) is 0 Å². The van der Waals surface area contributed by atoms with Crippen molar-refractivity contribution < 1.29 is 23.0 Å². The Balaban J connectivity index is 0.00000576. The van der Waals surface area contributed by atoms with E-state index in [0.29, 0.717) is 12.5 Å². The third-order valence-corrected chi connectivity index (χ3v) is 3.12. The summed E-state index contributed by atoms with van der Waals surface area (Å²) in [6.45, 7) is 4.84. The maximum Gasteiger partial charge on any atom is 0.416 e. The lowest BCUT2D eigenvalue weighted by Gasteiger charge is -2.12. The minimum atomic E-state index is -4.38. The molecule has 0 fully saturated rings. The lowest BCUT2D eigenvalue weighted by Crippen LogP contribution is -2.34. The van der Waals surface area contributed by atoms with Gasteiger partial charge in [-0.1, -0.05) is 13.8 Å². The van der Waals surface area contributed by atoms with Crippen molar-refractivity contribution in [1.29, 1.82) is 0 Å². The number of nitrogens with two attached hydrogens (primary N) is 1. The molecule has 0 heterocycles. The van der Waals surface area contributed by atoms with Crippen molar-refractivity contribution in [1.82, 2.24) is 5.32 Å². The van der Waals surface area contributed by atoms with E-state index in [2.05, 4.69) is 24.2 Å². The Morgan fingerprint density at radius 3 is 2.40 bits per heavy atom. The van der Waals surface area contributed by atoms with Gasteiger partial charge in [0.15, 0.2) is 5.96 Å². The first-order chi connectivity index (χ1) is 11.2. The highest BCUT2D eigenvalue weighted by molar-refractivity contribution is 14.0. The number of aliphatic hydroxyl groups excluding tert-OH is 1. The molecule has 5 nitrogen and oxygen atoms in total. The molecule has 0 saturated heterocycles. The number of halogens is 4. The Morgan fingerprint density at radius 1 is 1.28 bits per heavy atom. The summed E-state index contributed by atoms with van der Waals surface area (Å²) in [6.07, 6.45) is -4.33. The third-order valence-electron chi connectivity index (χ3n) is 3.12. The van der Waals surface area contributed by atoms with Gasteiger partial charge in [-0.3, -0.25) is 4.99 Å². The molecule has 4 N–H and O–H groups in total. The predicted molar refractivity (Wildman–Crippen MR) is 102 cm³/mol. The predicted octanol–water partition coefficient (Wildman–Crippen LogP) is 3.01. The quantitative estimate of drug-likeness (QED) is 0.307. The van der Waals surface area contributed by atoms with Gasteiger partial charge in [0.05, 0.1) is 12.1 Å². The fourth-order valence-corrected chi connectivity index (χ4v) is 1.73. The van der Waals surface area contributed by atoms with Crippen LogP contribution in [0.2, 0.25) is 0 Å². The van der Waals surface area contributed by atoms with Crippen molar-refractivity contribution in [2.45, 2.75) is 32.5 Å². The van der Waals surface area contributed by atoms with Crippen molar-refractivity contribution in [3.8, 4) is 5.75 Å². The lowest BCUT2D eigenvalue weighted by molar-refractivity contribution is -0.137. The maximum atomic E-state index is 12.4. The standard InChI is InChI=1S/C16H24F3N3O2.HI/c1-11(2)7-8-21-15(20)22-9-13(23)10-24-14-5-3-12(4-6-14)16(17,18)19;/h3-6,11,13,23H,7-10H2,1-2H3,(H3,20,21,22);1H. The van der Waals surface area contributed by atoms with Gasteiger partial charge < -0.3 is 20.9 Å². The van der Waals surface area contributed by atoms with E-state index in [1.807, 2.05) is 0 Å². The van der Waals surface area contributed by atoms with Gasteiger partial charge in [0.1, 0.15) is 18.5 Å². The number of hydrogen-bond acceptors (Lipinski definition) is 3. The molecule has 0 radical (unpaired) electrons. The lowest BCUT2D eigenvalue weighted by atomic mass is 10.1. The molecule has 0 aliphatic carbocycles. The fraction of sp³-hybridized carbons (Fsp3) is 0.562. The van der Waals surface area contributed by atoms with Crippen molar-refractivity contribution in [2.75, 3.05) is 19.7 Å². The number of nitrogens with one attached hydrogen (secondary N) is 1. The van der Waals surface area contributed by atoms with Gasteiger partial charge in [-0.15, -0.1) is 24.0 Å². The fourth-order valence-electron chi connectivity index (χ4n) is 1.73. The van der Waals surface area contributed by atoms with E-state index in [0.717, 1.165) is 18.6 Å². The van der Waals surface area contributed by atoms with E-state index >= 15 is 0 Å². The van der Waals surface area contributed by atoms with Crippen LogP contribution < -0.4 is 15.8 Å². The summed E-state index contributed by atoms with van der Waals surface area (Å²) in [7, 11) is 0. The largest absolute Gasteiger partial charge is 0.491 e. The zero-order valence-corrected chi connectivity index (χ0v) is 16.5. The normalized spacial score (nSPS) is 13.3. The first-order valence-electron chi connectivity index (χ1n) is 7.70. The van der Waals surface area contributed by atoms with E-state index in [1.54, 1.807) is 0 Å². The number of aliphatic imine (C=N–C) groups is 1. The van der Waals surface area contributed by atoms with Gasteiger partial charge in [-0.05, 0) is 36.6 Å². The first kappa shape index (κ1) is 23.8. The second-order valence-corrected chi connectivity index (χ2v) is 5.82. The Hall–Kier alpha value is -1.23. The highest BCUT2D eigenvalue weighted by atomic mass is 127. The zero-order chi connectivity index (χ0) is 18.2. The van der Waals surface area contributed by atoms with Crippen molar-refractivity contribution in [2.24, 2.45) is 16.6 Å². The second kappa shape index (κ2) is 11.4. The number of hydrogen-bond donors (Lipinski definition) is 3. The smallest absolute Gasteiger partial charge is 0.416 e. The molecular formula is C16H25F3IN3O2. The van der Waals surface area contributed by atoms with Crippen LogP contribution >= 0.6 is 24.0 Å². The van der Waals surface area contributed by atoms with Crippen LogP contribution in [0.25, 0.3) is 0 Å². The molecule has 1 rings (SSSR count). The minimum absolute atomic E-state index is 0. The zero-order valence-electron chi connectivity index (χ0n) is 14.2. The summed E-state index contributed by atoms with van der Waals surface area (Å²) >= 11 is 0. The van der Waals surface area contributed by atoms with Gasteiger partial charge in [0, 0.05) is 6.54 Å². The summed E-state index contributed by atoms with van der Waals surface area (Å²) in [5.41, 5.74) is 4.90. The molecule has 0 bridgehead atoms. The van der Waals surface area contributed by atoms with Gasteiger partial charge in [0.25, 0.3) is 0 Å². The number of alkyl halides is 3. The van der Waals surface area contributed by atoms with Crippen LogP contribution in [0.5, 0.6) is 5.75 Å². The van der Waals surface area contributed by atoms with E-state index in [4.69, 9.17) is 10.5 Å². The number of nitrogens with zero attached hydrogens (tertiary/aromatic N) is 1. The summed E-state index contributed by atoms with van der Waals surface area (Å²) in [4.78, 5) is 3.98. The van der Waals surface area contributed by atoms with Crippen LogP contribution in [0.3, 0.4) is 0 Å². The van der Waals surface area contributed by atoms with Crippen LogP contribution in [-0.2, 0) is 6.18 Å². The van der Waals surface area contributed by atoms with E-state index in [-0.39, 0.29) is 48.8 Å². The molecular weight excluding hydrogens is 450 g/mol. The van der Waals surface area contributed by atoms with E-state index < -0.39 is 17.8 Å². The number of benzene rings is 1. The number of guanidine groups is 1. The van der Waals surface area contributed by atoms with Crippen molar-refractivity contribution in [3.05, 3.63) is 29.8 Å². The molecule has 1 aromatic carbocycles. The SMILES string of the molecule is CC(C)CCNC(N)=NCC(O)COc1ccc(C(F)(F)F)cc1.I. The van der Waals surface area contributed by atoms with Crippen LogP contribution in [0, 0.1) is 5.92 Å². The minimum Gasteiger partial charge on any atom is -0.491 e. The van der Waals surface area contributed by atoms with Gasteiger partial charge >= 0.3 is 6.18 Å². The molecule has 0 aromatic heterocycles. The topological polar surface area (TPSA) is 79.9 Å². The molecule has 0 aliphatic heterocycles. The summed E-state index contributed by atoms with van der Waals surface area (Å²) in [6, 6.07) is 4.27. The van der Waals surface area contributed by atoms with Crippen molar-refractivity contribution in [3.63, 3.8) is 0 Å². The van der Waals surface area contributed by atoms with Crippen LogP contribution in [0.1, 0.15) is 25.8 Å². The molecule has 1 atom stereocenters. The molecule has 0 aliphatic rings. The Bertz CT molecular complexity index is 522. The number of ether oxygens (including phenoxy) is 1. The molecule has 0 saturated carbocycles. The maximum absolute atomic E-state index is 12.4. The van der Waals surface area contributed by atoms with Gasteiger partial charge in [-0.2, -0.15) is 13.2 Å². The van der Waals surface area contributed by atoms with Crippen LogP contribution in [0.15, 0.2) is 29.3 Å². The molecule has 144 valence electrons. The number of aliphatic hydroxyl groups is 1. The van der Waals surface area contributed by atoms with Crippen LogP contribution in [-0.4, -0.2) is 36.9 Å². The van der Waals surface area contributed by atoms with Crippen molar-refractivity contribution >= 4 is 29.9 Å². The molecule has 1 aromatic rings. The van der Waals surface area contributed by atoms with E-state index in [1.165, 1.54) is 12.1 Å². The molecule has 25 heavy (non-hydrogen) atoms. The Morgan fingerprint density at radius 2 is 1.88 bits per heavy atom. The second-order valence-electron chi connectivity index (χ2n) is 5.82. The molecule has 0 amide bonds. The van der Waals surface area contributed by atoms with Crippen LogP contribution in [0.4, 0.5) is 13.2 Å². The third kappa shape index (κ3) is 10.4. The van der Waals surface area contributed by atoms with E-state index in [9.17, 15) is 18.3 Å². The summed E-state index contributed by atoms with van der Waals surface area (Å²) < 4.78 is 42.5. The number of rotatable bonds is 8. The molecule has 0 spiro atoms. The summed E-state index contributed by atoms with van der Waals surface area (Å²) in [5, 5.41) is 12.7. The monoisotopic (exact) mass is 475 g/mol. The first-order valence-corrected chi connectivity index (χ1v) is 7.70. The highest BCUT2D eigenvalue weighted by Crippen LogP contribution is 2.30. The summed E-state index contributed by atoms with van der Waals surface area (Å²) in [5.74, 6) is 1.03. The average Bonchev–Trinajstić information content (AvgIpc) is 2.50. The molecule has 1 unspecified atom stereocenters. The molecule has 9 heteroatoms. The Kier molecular flexibility index (Phi) is 10.8. The highest BCUT2D eigenvalue weighted by Gasteiger charge is 2.30. The Labute approximate surface area is 162 Å². The van der Waals surface area contributed by atoms with Gasteiger partial charge in [0.2, 0.25) is 0 Å².